The highest BCUT2D eigenvalue weighted by Gasteiger charge is 2.20. The Morgan fingerprint density at radius 3 is 2.59 bits per heavy atom. The van der Waals surface area contributed by atoms with Crippen molar-refractivity contribution in [3.63, 3.8) is 0 Å². The molecular formula is C13H19BrN2O. The number of aryl methyl sites for hydroxylation is 1. The van der Waals surface area contributed by atoms with E-state index < -0.39 is 0 Å². The monoisotopic (exact) mass is 298 g/mol. The maximum Gasteiger partial charge on any atom is 0.229 e. The van der Waals surface area contributed by atoms with Gasteiger partial charge in [0, 0.05) is 11.0 Å². The summed E-state index contributed by atoms with van der Waals surface area (Å²) >= 11 is 3.44. The van der Waals surface area contributed by atoms with Crippen molar-refractivity contribution < 1.29 is 4.79 Å². The molecule has 0 aliphatic carbocycles. The predicted molar refractivity (Wildman–Crippen MR) is 74.9 cm³/mol. The fourth-order valence-corrected chi connectivity index (χ4v) is 2.22. The minimum absolute atomic E-state index is 0.0212. The summed E-state index contributed by atoms with van der Waals surface area (Å²) in [6, 6.07) is 5.83. The largest absolute Gasteiger partial charge is 0.330 e. The van der Waals surface area contributed by atoms with Crippen LogP contribution in [0.15, 0.2) is 22.7 Å². The molecule has 0 saturated heterocycles. The van der Waals surface area contributed by atoms with Crippen molar-refractivity contribution in [2.45, 2.75) is 20.8 Å². The molecule has 0 saturated carbocycles. The number of benzene rings is 1. The Hall–Kier alpha value is -0.870. The van der Waals surface area contributed by atoms with Crippen LogP contribution in [0.3, 0.4) is 0 Å². The summed E-state index contributed by atoms with van der Waals surface area (Å²) in [6.45, 7) is 6.38. The maximum absolute atomic E-state index is 12.0. The van der Waals surface area contributed by atoms with E-state index in [0.29, 0.717) is 6.54 Å². The topological polar surface area (TPSA) is 55.1 Å². The first-order chi connectivity index (χ1) is 7.95. The SMILES string of the molecule is Cc1ccc(NC(=O)C(CN)C(C)C)c(Br)c1. The molecule has 1 rings (SSSR count). The molecule has 1 aromatic carbocycles. The Labute approximate surface area is 111 Å². The molecule has 94 valence electrons. The lowest BCUT2D eigenvalue weighted by Crippen LogP contribution is -2.33. The van der Waals surface area contributed by atoms with Gasteiger partial charge in [0.15, 0.2) is 0 Å². The van der Waals surface area contributed by atoms with Crippen LogP contribution >= 0.6 is 15.9 Å². The number of amides is 1. The van der Waals surface area contributed by atoms with Gasteiger partial charge in [0.2, 0.25) is 5.91 Å². The first kappa shape index (κ1) is 14.2. The lowest BCUT2D eigenvalue weighted by molar-refractivity contribution is -0.120. The standard InChI is InChI=1S/C13H19BrN2O/c1-8(2)10(7-15)13(17)16-12-5-4-9(3)6-11(12)14/h4-6,8,10H,7,15H2,1-3H3,(H,16,17). The minimum Gasteiger partial charge on any atom is -0.330 e. The number of carbonyl (C=O) groups is 1. The van der Waals surface area contributed by atoms with Crippen molar-refractivity contribution in [2.75, 3.05) is 11.9 Å². The summed E-state index contributed by atoms with van der Waals surface area (Å²) in [5.41, 5.74) is 7.56. The van der Waals surface area contributed by atoms with Crippen LogP contribution in [0, 0.1) is 18.8 Å². The van der Waals surface area contributed by atoms with Gasteiger partial charge in [-0.25, -0.2) is 0 Å². The van der Waals surface area contributed by atoms with E-state index in [0.717, 1.165) is 15.7 Å². The number of nitrogens with one attached hydrogen (secondary N) is 1. The molecule has 0 heterocycles. The van der Waals surface area contributed by atoms with Gasteiger partial charge >= 0.3 is 0 Å². The van der Waals surface area contributed by atoms with Gasteiger partial charge in [0.25, 0.3) is 0 Å². The summed E-state index contributed by atoms with van der Waals surface area (Å²) in [5.74, 6) is 0.0690. The van der Waals surface area contributed by atoms with Crippen LogP contribution in [0.25, 0.3) is 0 Å². The van der Waals surface area contributed by atoms with Crippen LogP contribution in [0.4, 0.5) is 5.69 Å². The van der Waals surface area contributed by atoms with Crippen LogP contribution in [0.1, 0.15) is 19.4 Å². The third-order valence-corrected chi connectivity index (χ3v) is 3.43. The molecule has 0 aromatic heterocycles. The van der Waals surface area contributed by atoms with Crippen molar-refractivity contribution in [3.05, 3.63) is 28.2 Å². The Bertz CT molecular complexity index is 404. The molecule has 3 N–H and O–H groups in total. The van der Waals surface area contributed by atoms with Crippen molar-refractivity contribution in [1.29, 1.82) is 0 Å². The van der Waals surface area contributed by atoms with Gasteiger partial charge in [0.05, 0.1) is 11.6 Å². The molecule has 0 fully saturated rings. The fourth-order valence-electron chi connectivity index (χ4n) is 1.63. The molecule has 0 aliphatic rings. The number of halogens is 1. The first-order valence-electron chi connectivity index (χ1n) is 5.72. The zero-order valence-electron chi connectivity index (χ0n) is 10.5. The van der Waals surface area contributed by atoms with E-state index in [1.165, 1.54) is 0 Å². The van der Waals surface area contributed by atoms with Gasteiger partial charge in [-0.1, -0.05) is 19.9 Å². The second-order valence-corrected chi connectivity index (χ2v) is 5.41. The zero-order chi connectivity index (χ0) is 13.0. The summed E-state index contributed by atoms with van der Waals surface area (Å²) in [4.78, 5) is 12.0. The molecule has 4 heteroatoms. The second kappa shape index (κ2) is 6.17. The summed E-state index contributed by atoms with van der Waals surface area (Å²) < 4.78 is 0.894. The van der Waals surface area contributed by atoms with E-state index >= 15 is 0 Å². The van der Waals surface area contributed by atoms with Crippen molar-refractivity contribution in [3.8, 4) is 0 Å². The second-order valence-electron chi connectivity index (χ2n) is 4.56. The van der Waals surface area contributed by atoms with Gasteiger partial charge in [-0.2, -0.15) is 0 Å². The highest BCUT2D eigenvalue weighted by molar-refractivity contribution is 9.10. The molecule has 17 heavy (non-hydrogen) atoms. The average Bonchev–Trinajstić information content (AvgIpc) is 2.22. The van der Waals surface area contributed by atoms with Crippen molar-refractivity contribution in [2.24, 2.45) is 17.6 Å². The number of anilines is 1. The predicted octanol–water partition coefficient (Wildman–Crippen LogP) is 2.93. The molecule has 1 unspecified atom stereocenters. The Balaban J connectivity index is 2.80. The maximum atomic E-state index is 12.0. The van der Waals surface area contributed by atoms with E-state index in [2.05, 4.69) is 21.2 Å². The minimum atomic E-state index is -0.150. The van der Waals surface area contributed by atoms with Crippen LogP contribution in [-0.2, 0) is 4.79 Å². The highest BCUT2D eigenvalue weighted by atomic mass is 79.9. The first-order valence-corrected chi connectivity index (χ1v) is 6.52. The van der Waals surface area contributed by atoms with Crippen LogP contribution < -0.4 is 11.1 Å². The number of rotatable bonds is 4. The fraction of sp³-hybridized carbons (Fsp3) is 0.462. The average molecular weight is 299 g/mol. The molecule has 0 radical (unpaired) electrons. The van der Waals surface area contributed by atoms with Crippen LogP contribution in [0.2, 0.25) is 0 Å². The molecule has 1 atom stereocenters. The molecule has 1 aromatic rings. The molecule has 0 aliphatic heterocycles. The zero-order valence-corrected chi connectivity index (χ0v) is 12.0. The number of carbonyl (C=O) groups excluding carboxylic acids is 1. The molecule has 3 nitrogen and oxygen atoms in total. The van der Waals surface area contributed by atoms with E-state index in [1.54, 1.807) is 0 Å². The van der Waals surface area contributed by atoms with E-state index in [-0.39, 0.29) is 17.7 Å². The van der Waals surface area contributed by atoms with Gasteiger partial charge in [0.1, 0.15) is 0 Å². The van der Waals surface area contributed by atoms with Gasteiger partial charge < -0.3 is 11.1 Å². The highest BCUT2D eigenvalue weighted by Crippen LogP contribution is 2.24. The molecule has 0 bridgehead atoms. The number of nitrogens with two attached hydrogens (primary N) is 1. The summed E-state index contributed by atoms with van der Waals surface area (Å²) in [6.07, 6.45) is 0. The molecular weight excluding hydrogens is 280 g/mol. The lowest BCUT2D eigenvalue weighted by atomic mass is 9.95. The Kier molecular flexibility index (Phi) is 5.15. The summed E-state index contributed by atoms with van der Waals surface area (Å²) in [7, 11) is 0. The van der Waals surface area contributed by atoms with Crippen LogP contribution in [0.5, 0.6) is 0 Å². The van der Waals surface area contributed by atoms with E-state index in [4.69, 9.17) is 5.73 Å². The smallest absolute Gasteiger partial charge is 0.229 e. The lowest BCUT2D eigenvalue weighted by Gasteiger charge is -2.18. The Morgan fingerprint density at radius 1 is 1.47 bits per heavy atom. The van der Waals surface area contributed by atoms with Gasteiger partial charge in [-0.3, -0.25) is 4.79 Å². The molecule has 0 spiro atoms. The number of hydrogen-bond acceptors (Lipinski definition) is 2. The molecule has 1 amide bonds. The quantitative estimate of drug-likeness (QED) is 0.898. The van der Waals surface area contributed by atoms with Crippen LogP contribution in [-0.4, -0.2) is 12.5 Å². The Morgan fingerprint density at radius 2 is 2.12 bits per heavy atom. The number of hydrogen-bond donors (Lipinski definition) is 2. The van der Waals surface area contributed by atoms with Gasteiger partial charge in [-0.05, 0) is 46.5 Å². The van der Waals surface area contributed by atoms with Crippen molar-refractivity contribution >= 4 is 27.5 Å². The summed E-state index contributed by atoms with van der Waals surface area (Å²) in [5, 5.41) is 2.90. The van der Waals surface area contributed by atoms with E-state index in [9.17, 15) is 4.79 Å². The third kappa shape index (κ3) is 3.82. The third-order valence-electron chi connectivity index (χ3n) is 2.78. The van der Waals surface area contributed by atoms with Gasteiger partial charge in [-0.15, -0.1) is 0 Å². The normalized spacial score (nSPS) is 12.6. The van der Waals surface area contributed by atoms with E-state index in [1.807, 2.05) is 39.0 Å². The van der Waals surface area contributed by atoms with Crippen molar-refractivity contribution in [1.82, 2.24) is 0 Å².